The highest BCUT2D eigenvalue weighted by atomic mass is 32.2. The topological polar surface area (TPSA) is 160 Å². The van der Waals surface area contributed by atoms with Gasteiger partial charge < -0.3 is 25.3 Å². The number of thioether (sulfide) groups is 1. The van der Waals surface area contributed by atoms with Crippen LogP contribution in [0.4, 0.5) is 5.13 Å². The van der Waals surface area contributed by atoms with Crippen molar-refractivity contribution in [2.24, 2.45) is 5.16 Å². The Kier molecular flexibility index (Phi) is 12.2. The van der Waals surface area contributed by atoms with Gasteiger partial charge in [0.25, 0.3) is 11.8 Å². The number of β-lactam (4-membered cyclic amide) rings is 1. The molecule has 0 unspecified atom stereocenters. The number of esters is 1. The van der Waals surface area contributed by atoms with Gasteiger partial charge in [-0.2, -0.15) is 0 Å². The number of carboxylic acid groups (broad SMARTS) is 1. The van der Waals surface area contributed by atoms with Gasteiger partial charge in [0.05, 0.1) is 0 Å². The van der Waals surface area contributed by atoms with Crippen LogP contribution in [0.2, 0.25) is 0 Å². The van der Waals surface area contributed by atoms with E-state index in [1.807, 2.05) is 146 Å². The van der Waals surface area contributed by atoms with Crippen LogP contribution in [0, 0.1) is 0 Å². The Balaban J connectivity index is 1.08. The number of hydrogen-bond acceptors (Lipinski definition) is 11. The van der Waals surface area contributed by atoms with Crippen LogP contribution in [0.3, 0.4) is 0 Å². The molecule has 3 aliphatic heterocycles. The molecular formula is C54H43N5O7S2. The van der Waals surface area contributed by atoms with Crippen LogP contribution in [-0.4, -0.2) is 67.7 Å². The molecule has 6 aromatic carbocycles. The number of amides is 2. The van der Waals surface area contributed by atoms with E-state index in [0.717, 1.165) is 33.4 Å². The zero-order chi connectivity index (χ0) is 46.7. The molecule has 4 heterocycles. The third-order valence-electron chi connectivity index (χ3n) is 12.5. The highest BCUT2D eigenvalue weighted by Crippen LogP contribution is 2.45. The van der Waals surface area contributed by atoms with Crippen molar-refractivity contribution in [2.45, 2.75) is 41.5 Å². The lowest BCUT2D eigenvalue weighted by Crippen LogP contribution is -2.71. The quantitative estimate of drug-likeness (QED) is 0.0299. The first-order valence-corrected chi connectivity index (χ1v) is 24.0. The van der Waals surface area contributed by atoms with Crippen LogP contribution in [-0.2, 0) is 39.9 Å². The second-order valence-corrected chi connectivity index (χ2v) is 18.3. The number of hydrogen-bond donors (Lipinski definition) is 3. The summed E-state index contributed by atoms with van der Waals surface area (Å²) in [5, 5.41) is 23.2. The average molecular weight is 938 g/mol. The van der Waals surface area contributed by atoms with Gasteiger partial charge in [-0.05, 0) is 23.1 Å². The summed E-state index contributed by atoms with van der Waals surface area (Å²) in [6, 6.07) is 57.9. The molecule has 12 nitrogen and oxygen atoms in total. The number of nitrogens with one attached hydrogen (secondary N) is 2. The normalized spacial score (nSPS) is 18.3. The molecule has 68 heavy (non-hydrogen) atoms. The summed E-state index contributed by atoms with van der Waals surface area (Å²) in [7, 11) is 0. The van der Waals surface area contributed by atoms with Crippen LogP contribution in [0.5, 0.6) is 0 Å². The molecule has 0 spiro atoms. The minimum Gasteiger partial charge on any atom is -0.477 e. The number of cyclic esters (lactones) is 1. The number of rotatable bonds is 15. The molecule has 3 atom stereocenters. The second-order valence-electron chi connectivity index (χ2n) is 16.4. The van der Waals surface area contributed by atoms with Crippen molar-refractivity contribution in [3.05, 3.63) is 238 Å². The molecule has 338 valence electrons. The van der Waals surface area contributed by atoms with Crippen LogP contribution in [0.25, 0.3) is 0 Å². The van der Waals surface area contributed by atoms with Gasteiger partial charge in [-0.3, -0.25) is 19.3 Å². The largest absolute Gasteiger partial charge is 0.477 e. The molecule has 2 amide bonds. The molecular weight excluding hydrogens is 895 g/mol. The number of anilines is 1. The first-order valence-electron chi connectivity index (χ1n) is 22.0. The Labute approximate surface area is 400 Å². The van der Waals surface area contributed by atoms with Gasteiger partial charge in [0.1, 0.15) is 34.4 Å². The van der Waals surface area contributed by atoms with Crippen molar-refractivity contribution in [1.82, 2.24) is 15.2 Å². The summed E-state index contributed by atoms with van der Waals surface area (Å²) in [5.41, 5.74) is 2.82. The van der Waals surface area contributed by atoms with Crippen LogP contribution < -0.4 is 10.6 Å². The molecule has 2 fully saturated rings. The molecule has 7 aromatic rings. The molecule has 14 heteroatoms. The maximum absolute atomic E-state index is 15.0. The Morgan fingerprint density at radius 3 is 1.62 bits per heavy atom. The lowest BCUT2D eigenvalue weighted by Gasteiger charge is -2.49. The molecule has 10 rings (SSSR count). The lowest BCUT2D eigenvalue weighted by atomic mass is 9.77. The van der Waals surface area contributed by atoms with Crippen molar-refractivity contribution in [3.63, 3.8) is 0 Å². The number of thiazole rings is 1. The number of oxime groups is 1. The van der Waals surface area contributed by atoms with Crippen LogP contribution >= 0.6 is 23.1 Å². The number of fused-ring (bicyclic) bond motifs is 1. The maximum atomic E-state index is 15.0. The molecule has 0 aliphatic carbocycles. The van der Waals surface area contributed by atoms with Gasteiger partial charge in [0.15, 0.2) is 10.8 Å². The number of carbonyl (C=O) groups is 4. The van der Waals surface area contributed by atoms with E-state index in [1.54, 1.807) is 5.38 Å². The first-order chi connectivity index (χ1) is 33.3. The van der Waals surface area contributed by atoms with Gasteiger partial charge in [0.2, 0.25) is 5.60 Å². The Morgan fingerprint density at radius 2 is 1.18 bits per heavy atom. The SMILES string of the molecule is O=C1CC[C@@H](C2=C(C(=O)O)N3C(=O)[C@@H](NC(=O)/C(=N/OC(c4ccccc4)(c4ccccc4)c4ccccc4)c4csc(NC(c5ccccc5)(c5ccccc5)c5ccccc5)n4)[C@H]3SC2)O1. The minimum atomic E-state index is -1.38. The van der Waals surface area contributed by atoms with Gasteiger partial charge in [0, 0.05) is 39.8 Å². The number of aromatic nitrogens is 1. The monoisotopic (exact) mass is 937 g/mol. The smallest absolute Gasteiger partial charge is 0.352 e. The zero-order valence-corrected chi connectivity index (χ0v) is 37.9. The molecule has 2 saturated heterocycles. The summed E-state index contributed by atoms with van der Waals surface area (Å²) in [5.74, 6) is -2.94. The highest BCUT2D eigenvalue weighted by Gasteiger charge is 2.56. The molecule has 3 N–H and O–H groups in total. The predicted molar refractivity (Wildman–Crippen MR) is 261 cm³/mol. The number of carbonyl (C=O) groups excluding carboxylic acids is 3. The van der Waals surface area contributed by atoms with Crippen LogP contribution in [0.1, 0.15) is 51.9 Å². The summed E-state index contributed by atoms with van der Waals surface area (Å²) in [6.07, 6.45) is -0.260. The minimum absolute atomic E-state index is 0.158. The van der Waals surface area contributed by atoms with Gasteiger partial charge in [-0.25, -0.2) is 9.78 Å². The number of benzene rings is 6. The van der Waals surface area contributed by atoms with E-state index in [4.69, 9.17) is 19.7 Å². The third-order valence-corrected chi connectivity index (χ3v) is 14.5. The highest BCUT2D eigenvalue weighted by molar-refractivity contribution is 8.00. The Hall–Kier alpha value is -7.81. The Morgan fingerprint density at radius 1 is 0.706 bits per heavy atom. The molecule has 1 aromatic heterocycles. The Bertz CT molecular complexity index is 2840. The van der Waals surface area contributed by atoms with Gasteiger partial charge in [-0.1, -0.05) is 187 Å². The number of nitrogens with zero attached hydrogens (tertiary/aromatic N) is 3. The summed E-state index contributed by atoms with van der Waals surface area (Å²) in [4.78, 5) is 67.0. The molecule has 0 saturated carbocycles. The van der Waals surface area contributed by atoms with E-state index >= 15 is 4.79 Å². The van der Waals surface area contributed by atoms with Crippen LogP contribution in [0.15, 0.2) is 204 Å². The maximum Gasteiger partial charge on any atom is 0.352 e. The zero-order valence-electron chi connectivity index (χ0n) is 36.3. The van der Waals surface area contributed by atoms with Gasteiger partial charge in [-0.15, -0.1) is 23.1 Å². The standard InChI is InChI=1S/C54H43N5O7S2/c60-44-32-31-43(65-44)41-33-67-50-46(49(62)59(50)47(41)51(63)64)56-48(61)45(58-66-54(38-25-13-4-14-26-38,39-27-15-5-16-28-39)40-29-17-6-18-30-40)42-34-68-52(55-42)57-53(35-19-7-1-8-20-35,36-21-9-2-10-22-36)37-23-11-3-12-24-37/h1-30,34,43,46,50H,31-33H2,(H,55,57)(H,56,61)(H,63,64)/b58-45+/t43-,46+,50+/m0/s1. The number of carboxylic acids is 1. The van der Waals surface area contributed by atoms with Crippen molar-refractivity contribution in [1.29, 1.82) is 0 Å². The fourth-order valence-electron chi connectivity index (χ4n) is 9.25. The lowest BCUT2D eigenvalue weighted by molar-refractivity contribution is -0.150. The van der Waals surface area contributed by atoms with Crippen molar-refractivity contribution in [2.75, 3.05) is 11.1 Å². The van der Waals surface area contributed by atoms with Crippen molar-refractivity contribution >= 4 is 57.7 Å². The summed E-state index contributed by atoms with van der Waals surface area (Å²) < 4.78 is 5.43. The fraction of sp³-hybridized carbons (Fsp3) is 0.148. The second kappa shape index (κ2) is 18.8. The first kappa shape index (κ1) is 44.0. The summed E-state index contributed by atoms with van der Waals surface area (Å²) >= 11 is 2.57. The summed E-state index contributed by atoms with van der Waals surface area (Å²) in [6.45, 7) is 0. The van der Waals surface area contributed by atoms with E-state index in [9.17, 15) is 19.5 Å². The molecule has 0 bridgehead atoms. The molecule has 0 radical (unpaired) electrons. The fourth-order valence-corrected chi connectivity index (χ4v) is 11.4. The van der Waals surface area contributed by atoms with Gasteiger partial charge >= 0.3 is 11.9 Å². The van der Waals surface area contributed by atoms with Crippen molar-refractivity contribution < 1.29 is 33.9 Å². The number of aliphatic carboxylic acids is 1. The van der Waals surface area contributed by atoms with E-state index in [1.165, 1.54) is 28.0 Å². The average Bonchev–Trinajstić information content (AvgIpc) is 4.05. The van der Waals surface area contributed by atoms with E-state index in [2.05, 4.69) is 47.0 Å². The van der Waals surface area contributed by atoms with E-state index in [-0.39, 0.29) is 29.3 Å². The molecule has 3 aliphatic rings. The number of ether oxygens (including phenoxy) is 1. The van der Waals surface area contributed by atoms with E-state index in [0.29, 0.717) is 17.1 Å². The van der Waals surface area contributed by atoms with E-state index < -0.39 is 52.4 Å². The third kappa shape index (κ3) is 8.01. The predicted octanol–water partition coefficient (Wildman–Crippen LogP) is 8.70. The van der Waals surface area contributed by atoms with Crippen molar-refractivity contribution in [3.8, 4) is 0 Å².